The highest BCUT2D eigenvalue weighted by molar-refractivity contribution is 7.92. The number of fused-ring (bicyclic) bond motifs is 1. The lowest BCUT2D eigenvalue weighted by atomic mass is 9.88. The summed E-state index contributed by atoms with van der Waals surface area (Å²) in [7, 11) is -2.17. The largest absolute Gasteiger partial charge is 0.492 e. The number of H-pyrrole nitrogens is 1. The lowest BCUT2D eigenvalue weighted by Gasteiger charge is -2.38. The predicted molar refractivity (Wildman–Crippen MR) is 293 cm³/mol. The molecule has 3 fully saturated rings. The van der Waals surface area contributed by atoms with Crippen molar-refractivity contribution >= 4 is 73.0 Å². The molecule has 3 amide bonds. The van der Waals surface area contributed by atoms with E-state index in [1.54, 1.807) is 68.3 Å². The number of hydrogen-bond donors (Lipinski definition) is 4. The van der Waals surface area contributed by atoms with Crippen LogP contribution in [0.2, 0.25) is 0 Å². The minimum absolute atomic E-state index is 0.0697. The van der Waals surface area contributed by atoms with Crippen LogP contribution in [0.25, 0.3) is 10.9 Å². The van der Waals surface area contributed by atoms with Gasteiger partial charge in [-0.15, -0.1) is 11.3 Å². The van der Waals surface area contributed by atoms with E-state index in [2.05, 4.69) is 60.9 Å². The summed E-state index contributed by atoms with van der Waals surface area (Å²) in [5.41, 5.74) is 3.11. The number of ketones is 1. The first-order chi connectivity index (χ1) is 37.3. The lowest BCUT2D eigenvalue weighted by molar-refractivity contribution is -0.139. The third-order valence-corrected chi connectivity index (χ3v) is 18.5. The van der Waals surface area contributed by atoms with E-state index in [9.17, 15) is 32.0 Å². The molecule has 0 aliphatic carbocycles. The van der Waals surface area contributed by atoms with Crippen LogP contribution >= 0.6 is 11.3 Å². The van der Waals surface area contributed by atoms with Gasteiger partial charge in [-0.25, -0.2) is 37.7 Å². The average molecular weight is 1110 g/mol. The van der Waals surface area contributed by atoms with Crippen molar-refractivity contribution in [2.75, 3.05) is 76.2 Å². The van der Waals surface area contributed by atoms with Crippen LogP contribution in [0, 0.1) is 25.6 Å². The van der Waals surface area contributed by atoms with Crippen LogP contribution in [-0.2, 0) is 19.4 Å². The first-order valence-corrected chi connectivity index (χ1v) is 28.7. The molecule has 4 N–H and O–H groups in total. The standard InChI is InChI=1S/C54H67FN14O7S2/c1-32-33(2)64-65-48(32)63-49-38-26-44(78(74,75)54(4,5)6)43(27-39(38)59-31-60-49)76-25-9-17-66-21-23-67(24-22-66)45-29-57-40(28-58-45)52(72)68-19-15-35(16-20-68)46(62-50(71)34(3)56-7)53(73)69-18-8-10-42(69)51-61-41(30-77-51)47(70)36-11-13-37(55)14-12-36/h11-14,26-31,34-35,42,46,56H,8-10,15-25H2,1-7H3,(H,62,71)(H2,59,60,63,64,65)/t34?,42-,46?/m0/s1. The number of rotatable bonds is 18. The number of carbonyl (C=O) groups excluding carboxylic acids is 4. The van der Waals surface area contributed by atoms with Gasteiger partial charge in [-0.2, -0.15) is 5.10 Å². The summed E-state index contributed by atoms with van der Waals surface area (Å²) in [6.07, 6.45) is 7.51. The fourth-order valence-corrected chi connectivity index (χ4v) is 12.2. The Morgan fingerprint density at radius 2 is 1.65 bits per heavy atom. The summed E-state index contributed by atoms with van der Waals surface area (Å²) in [5, 5.41) is 19.3. The van der Waals surface area contributed by atoms with Gasteiger partial charge in [-0.3, -0.25) is 29.2 Å². The van der Waals surface area contributed by atoms with E-state index in [-0.39, 0.29) is 64.1 Å². The Bertz CT molecular complexity index is 3260. The molecule has 3 saturated heterocycles. The molecule has 0 radical (unpaired) electrons. The topological polar surface area (TPSA) is 254 Å². The number of ether oxygens (including phenoxy) is 1. The van der Waals surface area contributed by atoms with Crippen molar-refractivity contribution in [2.45, 2.75) is 101 Å². The Morgan fingerprint density at radius 3 is 2.32 bits per heavy atom. The van der Waals surface area contributed by atoms with Gasteiger partial charge in [0.1, 0.15) is 56.9 Å². The molecule has 9 rings (SSSR count). The molecule has 0 bridgehead atoms. The number of amides is 3. The third kappa shape index (κ3) is 12.0. The zero-order chi connectivity index (χ0) is 55.5. The highest BCUT2D eigenvalue weighted by Gasteiger charge is 2.42. The Morgan fingerprint density at radius 1 is 0.910 bits per heavy atom. The number of likely N-dealkylation sites (tertiary alicyclic amines) is 2. The van der Waals surface area contributed by atoms with Gasteiger partial charge in [-0.05, 0) is 117 Å². The molecule has 4 aromatic heterocycles. The zero-order valence-corrected chi connectivity index (χ0v) is 46.6. The maximum atomic E-state index is 14.6. The van der Waals surface area contributed by atoms with Crippen molar-refractivity contribution in [2.24, 2.45) is 5.92 Å². The molecule has 0 saturated carbocycles. The van der Waals surface area contributed by atoms with Crippen molar-refractivity contribution in [3.63, 3.8) is 0 Å². The highest BCUT2D eigenvalue weighted by Crippen LogP contribution is 2.39. The van der Waals surface area contributed by atoms with Crippen LogP contribution in [0.1, 0.15) is 109 Å². The predicted octanol–water partition coefficient (Wildman–Crippen LogP) is 5.80. The minimum Gasteiger partial charge on any atom is -0.492 e. The number of carbonyl (C=O) groups is 4. The summed E-state index contributed by atoms with van der Waals surface area (Å²) in [5.74, 6) is 0.0840. The van der Waals surface area contributed by atoms with Gasteiger partial charge in [-0.1, -0.05) is 0 Å². The summed E-state index contributed by atoms with van der Waals surface area (Å²) in [6.45, 7) is 15.6. The van der Waals surface area contributed by atoms with Crippen LogP contribution in [0.15, 0.2) is 65.4 Å². The van der Waals surface area contributed by atoms with Crippen molar-refractivity contribution in [1.29, 1.82) is 0 Å². The Balaban J connectivity index is 0.770. The molecular weight excluding hydrogens is 1040 g/mol. The van der Waals surface area contributed by atoms with Crippen molar-refractivity contribution in [3.05, 3.63) is 99.5 Å². The number of anilines is 3. The number of benzene rings is 2. The molecule has 3 atom stereocenters. The van der Waals surface area contributed by atoms with Crippen LogP contribution in [0.5, 0.6) is 5.75 Å². The van der Waals surface area contributed by atoms with Crippen LogP contribution in [-0.4, -0.2) is 165 Å². The molecule has 2 aromatic carbocycles. The van der Waals surface area contributed by atoms with Gasteiger partial charge < -0.3 is 35.4 Å². The second-order valence-electron chi connectivity index (χ2n) is 21.1. The molecule has 2 unspecified atom stereocenters. The Hall–Kier alpha value is -7.02. The van der Waals surface area contributed by atoms with E-state index in [0.29, 0.717) is 97.3 Å². The average Bonchev–Trinajstić information content (AvgIpc) is 4.26. The van der Waals surface area contributed by atoms with Crippen molar-refractivity contribution in [3.8, 4) is 5.75 Å². The number of piperidine rings is 1. The molecule has 3 aliphatic heterocycles. The second kappa shape index (κ2) is 23.5. The lowest BCUT2D eigenvalue weighted by Crippen LogP contribution is -2.57. The summed E-state index contributed by atoms with van der Waals surface area (Å²) < 4.78 is 46.7. The van der Waals surface area contributed by atoms with E-state index in [0.717, 1.165) is 37.3 Å². The number of nitrogens with zero attached hydrogens (tertiary/aromatic N) is 10. The molecule has 21 nitrogen and oxygen atoms in total. The number of hydrogen-bond acceptors (Lipinski definition) is 18. The summed E-state index contributed by atoms with van der Waals surface area (Å²) in [6, 6.07) is 6.78. The van der Waals surface area contributed by atoms with Gasteiger partial charge in [0.25, 0.3) is 5.91 Å². The number of aryl methyl sites for hydroxylation is 1. The smallest absolute Gasteiger partial charge is 0.274 e. The molecule has 0 spiro atoms. The van der Waals surface area contributed by atoms with Gasteiger partial charge in [0.05, 0.1) is 41.3 Å². The maximum absolute atomic E-state index is 14.6. The van der Waals surface area contributed by atoms with Crippen LogP contribution in [0.4, 0.5) is 21.8 Å². The highest BCUT2D eigenvalue weighted by atomic mass is 32.2. The minimum atomic E-state index is -3.84. The molecule has 414 valence electrons. The number of likely N-dealkylation sites (N-methyl/N-ethyl adjacent to an activating group) is 1. The zero-order valence-electron chi connectivity index (χ0n) is 45.0. The molecule has 24 heteroatoms. The number of sulfone groups is 1. The van der Waals surface area contributed by atoms with Crippen LogP contribution in [0.3, 0.4) is 0 Å². The SMILES string of the molecule is CNC(C)C(=O)NC(C(=O)N1CCC[C@H]1c1nc(C(=O)c2ccc(F)cc2)cs1)C1CCN(C(=O)c2cnc(N3CCN(CCCOc4cc5ncnc(Nc6n[nH]c(C)c6C)c5cc4S(=O)(=O)C(C)(C)C)CC3)cn2)CC1. The summed E-state index contributed by atoms with van der Waals surface area (Å²) in [4.78, 5) is 85.6. The van der Waals surface area contributed by atoms with Crippen molar-refractivity contribution < 1.29 is 36.7 Å². The molecule has 78 heavy (non-hydrogen) atoms. The number of aromatic nitrogens is 7. The molecule has 6 aromatic rings. The summed E-state index contributed by atoms with van der Waals surface area (Å²) >= 11 is 1.30. The fourth-order valence-electron chi connectivity index (χ4n) is 9.95. The quantitative estimate of drug-likeness (QED) is 0.0586. The maximum Gasteiger partial charge on any atom is 0.274 e. The molecular formula is C54H67FN14O7S2. The van der Waals surface area contributed by atoms with Gasteiger partial charge in [0.15, 0.2) is 15.7 Å². The van der Waals surface area contributed by atoms with E-state index in [4.69, 9.17) is 4.74 Å². The van der Waals surface area contributed by atoms with Crippen molar-refractivity contribution in [1.82, 2.24) is 60.5 Å². The van der Waals surface area contributed by atoms with Crippen LogP contribution < -0.4 is 25.6 Å². The monoisotopic (exact) mass is 1110 g/mol. The Kier molecular flexibility index (Phi) is 16.8. The number of nitrogens with one attached hydrogen (secondary N) is 4. The van der Waals surface area contributed by atoms with E-state index in [1.165, 1.54) is 48.1 Å². The van der Waals surface area contributed by atoms with Gasteiger partial charge in [0, 0.05) is 86.0 Å². The third-order valence-electron chi connectivity index (χ3n) is 15.1. The fraction of sp³-hybridized carbons (Fsp3) is 0.481. The van der Waals surface area contributed by atoms with Gasteiger partial charge >= 0.3 is 0 Å². The molecule has 3 aliphatic rings. The Labute approximate surface area is 457 Å². The first-order valence-electron chi connectivity index (χ1n) is 26.4. The second-order valence-corrected chi connectivity index (χ2v) is 24.7. The number of thiazole rings is 1. The number of piperazine rings is 1. The number of aromatic amines is 1. The molecule has 7 heterocycles. The van der Waals surface area contributed by atoms with E-state index < -0.39 is 32.5 Å². The normalized spacial score (nSPS) is 17.5. The van der Waals surface area contributed by atoms with E-state index in [1.807, 2.05) is 13.8 Å². The van der Waals surface area contributed by atoms with E-state index >= 15 is 0 Å². The first kappa shape index (κ1) is 55.7. The number of halogens is 1. The van der Waals surface area contributed by atoms with Gasteiger partial charge in [0.2, 0.25) is 17.6 Å².